The maximum Gasteiger partial charge on any atom is 0.309 e. The largest absolute Gasteiger partial charge is 0.487 e. The molecule has 9 nitrogen and oxygen atoms in total. The lowest BCUT2D eigenvalue weighted by Crippen LogP contribution is -2.54. The maximum absolute atomic E-state index is 13.4. The summed E-state index contributed by atoms with van der Waals surface area (Å²) in [6.07, 6.45) is 7.56. The fourth-order valence-electron chi connectivity index (χ4n) is 6.80. The summed E-state index contributed by atoms with van der Waals surface area (Å²) in [4.78, 5) is 27.7. The highest BCUT2D eigenvalue weighted by molar-refractivity contribution is 7.90. The number of halogens is 1. The number of carbonyl (C=O) groups is 2. The van der Waals surface area contributed by atoms with E-state index in [2.05, 4.69) is 9.62 Å². The van der Waals surface area contributed by atoms with Crippen molar-refractivity contribution in [3.8, 4) is 5.75 Å². The minimum Gasteiger partial charge on any atom is -0.487 e. The Kier molecular flexibility index (Phi) is 9.87. The van der Waals surface area contributed by atoms with Gasteiger partial charge in [0.15, 0.2) is 0 Å². The first-order valence-electron chi connectivity index (χ1n) is 15.8. The summed E-state index contributed by atoms with van der Waals surface area (Å²) in [6.45, 7) is 6.25. The number of hydrogen-bond donors (Lipinski definition) is 3. The molecule has 0 spiro atoms. The monoisotopic (exact) mass is 658 g/mol. The first kappa shape index (κ1) is 33.3. The van der Waals surface area contributed by atoms with E-state index in [4.69, 9.17) is 16.3 Å². The Bertz CT molecular complexity index is 1580. The Labute approximate surface area is 270 Å². The average Bonchev–Trinajstić information content (AvgIpc) is 3.00. The van der Waals surface area contributed by atoms with Crippen LogP contribution in [0.25, 0.3) is 0 Å². The van der Waals surface area contributed by atoms with Crippen molar-refractivity contribution in [3.05, 3.63) is 70.3 Å². The normalized spacial score (nSPS) is 30.2. The zero-order valence-corrected chi connectivity index (χ0v) is 27.6. The molecule has 0 aromatic heterocycles. The molecule has 244 valence electrons. The van der Waals surface area contributed by atoms with Crippen molar-refractivity contribution in [2.45, 2.75) is 76.8 Å². The van der Waals surface area contributed by atoms with E-state index in [1.165, 1.54) is 6.92 Å². The highest BCUT2D eigenvalue weighted by atomic mass is 35.5. The first-order valence-corrected chi connectivity index (χ1v) is 17.7. The van der Waals surface area contributed by atoms with E-state index >= 15 is 0 Å². The standard InChI is InChI=1S/C34H43ClN2O7S/c1-21-7-6-15-34(41,22(2)33(39)40)29-13-10-26(29)19-37-16-5-4-8-24-17-28(35)12-9-27(24)20-44-31-14-11-25(18-30(31)37)32(38)36-45(42,43)23(21)3/h6,9,11-12,14-15,17-18,21-23,26,29,41H,4-5,7-8,10,13,16,19-20H2,1-3H3,(H,36,38)(H,39,40)/b15-6+/t21-,22+,23+,26-,29+,34+/m0/s1. The molecule has 3 aliphatic rings. The summed E-state index contributed by atoms with van der Waals surface area (Å²) >= 11 is 6.31. The minimum absolute atomic E-state index is 0.0162. The van der Waals surface area contributed by atoms with Crippen molar-refractivity contribution >= 4 is 39.2 Å². The lowest BCUT2D eigenvalue weighted by Gasteiger charge is -2.49. The predicted octanol–water partition coefficient (Wildman–Crippen LogP) is 5.58. The number of ether oxygens (including phenoxy) is 1. The number of hydrogen-bond acceptors (Lipinski definition) is 7. The zero-order chi connectivity index (χ0) is 32.5. The molecule has 1 amide bonds. The van der Waals surface area contributed by atoms with Gasteiger partial charge in [0, 0.05) is 23.7 Å². The van der Waals surface area contributed by atoms with Gasteiger partial charge < -0.3 is 19.8 Å². The smallest absolute Gasteiger partial charge is 0.309 e. The van der Waals surface area contributed by atoms with Gasteiger partial charge in [0.05, 0.1) is 22.5 Å². The van der Waals surface area contributed by atoms with Crippen molar-refractivity contribution in [2.24, 2.45) is 23.7 Å². The van der Waals surface area contributed by atoms with Gasteiger partial charge in [-0.1, -0.05) is 36.7 Å². The van der Waals surface area contributed by atoms with Crippen LogP contribution in [-0.4, -0.2) is 54.4 Å². The highest BCUT2D eigenvalue weighted by Crippen LogP contribution is 2.47. The van der Waals surface area contributed by atoms with Crippen molar-refractivity contribution < 1.29 is 33.0 Å². The van der Waals surface area contributed by atoms with Gasteiger partial charge in [0.1, 0.15) is 12.4 Å². The van der Waals surface area contributed by atoms with Crippen LogP contribution in [0, 0.1) is 23.7 Å². The van der Waals surface area contributed by atoms with Crippen LogP contribution in [0.1, 0.15) is 74.4 Å². The van der Waals surface area contributed by atoms with E-state index in [1.54, 1.807) is 44.2 Å². The molecule has 0 saturated heterocycles. The number of nitrogens with one attached hydrogen (secondary N) is 1. The maximum atomic E-state index is 13.4. The number of sulfonamides is 1. The van der Waals surface area contributed by atoms with Crippen LogP contribution in [0.5, 0.6) is 5.75 Å². The van der Waals surface area contributed by atoms with Gasteiger partial charge in [0.2, 0.25) is 10.0 Å². The number of amides is 1. The third-order valence-electron chi connectivity index (χ3n) is 10.2. The number of rotatable bonds is 2. The molecule has 11 heteroatoms. The van der Waals surface area contributed by atoms with Crippen molar-refractivity contribution in [3.63, 3.8) is 0 Å². The van der Waals surface area contributed by atoms with Gasteiger partial charge in [-0.25, -0.2) is 13.1 Å². The van der Waals surface area contributed by atoms with Crippen LogP contribution in [0.2, 0.25) is 5.02 Å². The topological polar surface area (TPSA) is 133 Å². The van der Waals surface area contributed by atoms with Crippen LogP contribution in [0.4, 0.5) is 5.69 Å². The summed E-state index contributed by atoms with van der Waals surface area (Å²) in [5, 5.41) is 21.7. The lowest BCUT2D eigenvalue weighted by atomic mass is 9.60. The second-order valence-corrected chi connectivity index (χ2v) is 15.4. The van der Waals surface area contributed by atoms with Crippen LogP contribution in [0.15, 0.2) is 48.6 Å². The molecule has 0 unspecified atom stereocenters. The Hall–Kier alpha value is -3.08. The van der Waals surface area contributed by atoms with E-state index in [0.717, 1.165) is 36.8 Å². The van der Waals surface area contributed by atoms with Crippen LogP contribution in [-0.2, 0) is 27.8 Å². The van der Waals surface area contributed by atoms with Crippen LogP contribution >= 0.6 is 11.6 Å². The number of anilines is 1. The average molecular weight is 659 g/mol. The fraction of sp³-hybridized carbons (Fsp3) is 0.529. The van der Waals surface area contributed by atoms with Gasteiger partial charge in [0.25, 0.3) is 5.91 Å². The second kappa shape index (κ2) is 13.3. The molecule has 45 heavy (non-hydrogen) atoms. The molecule has 5 rings (SSSR count). The SMILES string of the molecule is C[C@H](C(=O)O)[C@]1(O)/C=C/C[C@H](C)[C@@H](C)S(=O)(=O)NC(=O)c2ccc3c(c2)N(CCCCc2cc(Cl)ccc2CO3)C[C@@H]2CC[C@H]21. The Morgan fingerprint density at radius 3 is 2.62 bits per heavy atom. The van der Waals surface area contributed by atoms with Crippen molar-refractivity contribution in [1.29, 1.82) is 0 Å². The number of allylic oxidation sites excluding steroid dienone is 1. The molecule has 2 bridgehead atoms. The van der Waals surface area contributed by atoms with E-state index in [9.17, 15) is 28.2 Å². The molecule has 0 radical (unpaired) electrons. The quantitative estimate of drug-likeness (QED) is 0.356. The van der Waals surface area contributed by atoms with Crippen LogP contribution in [0.3, 0.4) is 0 Å². The van der Waals surface area contributed by atoms with Gasteiger partial charge >= 0.3 is 5.97 Å². The number of carbonyl (C=O) groups excluding carboxylic acids is 1. The summed E-state index contributed by atoms with van der Waals surface area (Å²) in [5.41, 5.74) is 1.37. The number of benzene rings is 2. The number of carboxylic acids is 1. The highest BCUT2D eigenvalue weighted by Gasteiger charge is 2.50. The van der Waals surface area contributed by atoms with Gasteiger partial charge in [-0.15, -0.1) is 0 Å². The molecule has 1 aliphatic carbocycles. The molecule has 1 saturated carbocycles. The summed E-state index contributed by atoms with van der Waals surface area (Å²) < 4.78 is 35.2. The zero-order valence-electron chi connectivity index (χ0n) is 26.0. The van der Waals surface area contributed by atoms with Crippen molar-refractivity contribution in [1.82, 2.24) is 4.72 Å². The molecule has 2 heterocycles. The van der Waals surface area contributed by atoms with E-state index in [1.807, 2.05) is 18.2 Å². The molecule has 2 aromatic rings. The number of aliphatic hydroxyl groups is 1. The molecular weight excluding hydrogens is 616 g/mol. The third kappa shape index (κ3) is 7.03. The second-order valence-electron chi connectivity index (χ2n) is 13.0. The minimum atomic E-state index is -4.05. The number of carboxylic acid groups (broad SMARTS) is 1. The third-order valence-corrected chi connectivity index (χ3v) is 12.3. The number of fused-ring (bicyclic) bond motifs is 3. The lowest BCUT2D eigenvalue weighted by molar-refractivity contribution is -0.156. The predicted molar refractivity (Wildman–Crippen MR) is 174 cm³/mol. The van der Waals surface area contributed by atoms with E-state index in [-0.39, 0.29) is 30.4 Å². The molecule has 2 aromatic carbocycles. The molecule has 3 N–H and O–H groups in total. The number of aryl methyl sites for hydroxylation is 1. The molecule has 6 atom stereocenters. The van der Waals surface area contributed by atoms with E-state index < -0.39 is 44.6 Å². The molecule has 2 aliphatic heterocycles. The number of nitrogens with zero attached hydrogens (tertiary/aromatic N) is 1. The fourth-order valence-corrected chi connectivity index (χ4v) is 8.28. The summed E-state index contributed by atoms with van der Waals surface area (Å²) in [7, 11) is -4.05. The van der Waals surface area contributed by atoms with E-state index in [0.29, 0.717) is 36.0 Å². The van der Waals surface area contributed by atoms with Gasteiger partial charge in [-0.3, -0.25) is 9.59 Å². The molecular formula is C34H43ClN2O7S. The Balaban J connectivity index is 1.59. The van der Waals surface area contributed by atoms with Crippen molar-refractivity contribution in [2.75, 3.05) is 18.0 Å². The van der Waals surface area contributed by atoms with Gasteiger partial charge in [-0.05, 0) is 112 Å². The molecule has 1 fully saturated rings. The Morgan fingerprint density at radius 1 is 1.13 bits per heavy atom. The van der Waals surface area contributed by atoms with Gasteiger partial charge in [-0.2, -0.15) is 0 Å². The summed E-state index contributed by atoms with van der Waals surface area (Å²) in [6, 6.07) is 10.7. The summed E-state index contributed by atoms with van der Waals surface area (Å²) in [5.74, 6) is -3.05. The Morgan fingerprint density at radius 2 is 1.91 bits per heavy atom. The number of aliphatic carboxylic acids is 1. The van der Waals surface area contributed by atoms with Crippen LogP contribution < -0.4 is 14.4 Å². The first-order chi connectivity index (χ1) is 21.3.